The van der Waals surface area contributed by atoms with Crippen LogP contribution >= 0.6 is 12.6 Å². The number of rotatable bonds is 3. The van der Waals surface area contributed by atoms with Crippen LogP contribution in [0, 0.1) is 0 Å². The topological polar surface area (TPSA) is 54.9 Å². The van der Waals surface area contributed by atoms with Crippen LogP contribution in [0.5, 0.6) is 0 Å². The van der Waals surface area contributed by atoms with Gasteiger partial charge in [0.15, 0.2) is 0 Å². The molecule has 2 aromatic rings. The highest BCUT2D eigenvalue weighted by Gasteiger charge is 2.05. The molecule has 0 aliphatic rings. The molecule has 0 atom stereocenters. The Balaban J connectivity index is 1.98. The highest BCUT2D eigenvalue weighted by atomic mass is 32.1. The molecule has 4 nitrogen and oxygen atoms in total. The van der Waals surface area contributed by atoms with Crippen molar-refractivity contribution < 1.29 is 4.79 Å². The van der Waals surface area contributed by atoms with E-state index >= 15 is 0 Å². The number of aromatic nitrogens is 2. The summed E-state index contributed by atoms with van der Waals surface area (Å²) >= 11 is 4.18. The first-order chi connectivity index (χ1) is 8.25. The van der Waals surface area contributed by atoms with Gasteiger partial charge in [-0.05, 0) is 30.3 Å². The Morgan fingerprint density at radius 1 is 1.29 bits per heavy atom. The van der Waals surface area contributed by atoms with Gasteiger partial charge in [0.2, 0.25) is 0 Å². The Hall–Kier alpha value is -1.88. The van der Waals surface area contributed by atoms with Gasteiger partial charge in [-0.2, -0.15) is 10.2 Å². The van der Waals surface area contributed by atoms with Crippen molar-refractivity contribution >= 4 is 18.5 Å². The van der Waals surface area contributed by atoms with E-state index < -0.39 is 0 Å². The molecule has 2 rings (SSSR count). The Morgan fingerprint density at radius 2 is 2.18 bits per heavy atom. The minimum Gasteiger partial charge on any atom is -0.346 e. The normalized spacial score (nSPS) is 9.94. The molecule has 0 saturated heterocycles. The average molecular weight is 245 g/mol. The zero-order valence-electron chi connectivity index (χ0n) is 9.00. The van der Waals surface area contributed by atoms with Gasteiger partial charge < -0.3 is 5.32 Å². The first-order valence-corrected chi connectivity index (χ1v) is 5.54. The number of carbonyl (C=O) groups excluding carboxylic acids is 1. The second-order valence-electron chi connectivity index (χ2n) is 3.45. The van der Waals surface area contributed by atoms with Crippen molar-refractivity contribution in [3.8, 4) is 0 Å². The van der Waals surface area contributed by atoms with Gasteiger partial charge in [0, 0.05) is 16.7 Å². The van der Waals surface area contributed by atoms with E-state index in [1.165, 1.54) is 0 Å². The van der Waals surface area contributed by atoms with Gasteiger partial charge in [-0.25, -0.2) is 0 Å². The summed E-state index contributed by atoms with van der Waals surface area (Å²) in [6.45, 7) is 0.365. The maximum atomic E-state index is 11.8. The number of amides is 1. The SMILES string of the molecule is O=C(NCc1cccnn1)c1cccc(S)c1. The summed E-state index contributed by atoms with van der Waals surface area (Å²) in [5, 5.41) is 10.4. The van der Waals surface area contributed by atoms with Gasteiger partial charge in [-0.15, -0.1) is 12.6 Å². The quantitative estimate of drug-likeness (QED) is 0.809. The van der Waals surface area contributed by atoms with Crippen LogP contribution in [0.1, 0.15) is 16.1 Å². The average Bonchev–Trinajstić information content (AvgIpc) is 2.37. The van der Waals surface area contributed by atoms with Gasteiger partial charge >= 0.3 is 0 Å². The molecule has 5 heteroatoms. The molecule has 17 heavy (non-hydrogen) atoms. The van der Waals surface area contributed by atoms with Crippen LogP contribution in [0.3, 0.4) is 0 Å². The van der Waals surface area contributed by atoms with Crippen molar-refractivity contribution in [2.45, 2.75) is 11.4 Å². The Morgan fingerprint density at radius 3 is 2.88 bits per heavy atom. The lowest BCUT2D eigenvalue weighted by atomic mass is 10.2. The standard InChI is InChI=1S/C12H11N3OS/c16-12(9-3-1-5-11(17)7-9)13-8-10-4-2-6-14-15-10/h1-7,17H,8H2,(H,13,16). The lowest BCUT2D eigenvalue weighted by Gasteiger charge is -2.04. The molecule has 1 heterocycles. The zero-order valence-corrected chi connectivity index (χ0v) is 9.89. The summed E-state index contributed by atoms with van der Waals surface area (Å²) in [6, 6.07) is 10.7. The molecule has 0 bridgehead atoms. The maximum Gasteiger partial charge on any atom is 0.251 e. The lowest BCUT2D eigenvalue weighted by molar-refractivity contribution is 0.0950. The fraction of sp³-hybridized carbons (Fsp3) is 0.0833. The van der Waals surface area contributed by atoms with Crippen LogP contribution < -0.4 is 5.32 Å². The Kier molecular flexibility index (Phi) is 3.72. The minimum absolute atomic E-state index is 0.147. The van der Waals surface area contributed by atoms with E-state index in [1.807, 2.05) is 12.1 Å². The molecular formula is C12H11N3OS. The van der Waals surface area contributed by atoms with E-state index in [0.717, 1.165) is 10.6 Å². The van der Waals surface area contributed by atoms with Crippen molar-refractivity contribution in [1.29, 1.82) is 0 Å². The van der Waals surface area contributed by atoms with Crippen molar-refractivity contribution in [3.05, 3.63) is 53.9 Å². The maximum absolute atomic E-state index is 11.8. The van der Waals surface area contributed by atoms with Crippen LogP contribution in [0.25, 0.3) is 0 Å². The van der Waals surface area contributed by atoms with Gasteiger partial charge in [0.05, 0.1) is 12.2 Å². The van der Waals surface area contributed by atoms with E-state index in [2.05, 4.69) is 28.1 Å². The number of nitrogens with zero attached hydrogens (tertiary/aromatic N) is 2. The second kappa shape index (κ2) is 5.45. The first-order valence-electron chi connectivity index (χ1n) is 5.09. The lowest BCUT2D eigenvalue weighted by Crippen LogP contribution is -2.23. The predicted octanol–water partition coefficient (Wildman–Crippen LogP) is 1.70. The number of nitrogens with one attached hydrogen (secondary N) is 1. The summed E-state index contributed by atoms with van der Waals surface area (Å²) in [5.41, 5.74) is 1.31. The van der Waals surface area contributed by atoms with Crippen LogP contribution in [-0.2, 0) is 6.54 Å². The summed E-state index contributed by atoms with van der Waals surface area (Å²) < 4.78 is 0. The highest BCUT2D eigenvalue weighted by molar-refractivity contribution is 7.80. The third-order valence-electron chi connectivity index (χ3n) is 2.17. The van der Waals surface area contributed by atoms with Crippen LogP contribution in [0.2, 0.25) is 0 Å². The molecule has 0 spiro atoms. The molecule has 0 saturated carbocycles. The van der Waals surface area contributed by atoms with E-state index in [0.29, 0.717) is 12.1 Å². The van der Waals surface area contributed by atoms with Crippen molar-refractivity contribution in [1.82, 2.24) is 15.5 Å². The van der Waals surface area contributed by atoms with Crippen LogP contribution in [0.15, 0.2) is 47.5 Å². The van der Waals surface area contributed by atoms with Crippen molar-refractivity contribution in [3.63, 3.8) is 0 Å². The van der Waals surface area contributed by atoms with Crippen LogP contribution in [0.4, 0.5) is 0 Å². The van der Waals surface area contributed by atoms with Crippen molar-refractivity contribution in [2.75, 3.05) is 0 Å². The van der Waals surface area contributed by atoms with Gasteiger partial charge in [0.25, 0.3) is 5.91 Å². The molecule has 1 aromatic carbocycles. The Bertz CT molecular complexity index is 516. The fourth-order valence-corrected chi connectivity index (χ4v) is 1.57. The summed E-state index contributed by atoms with van der Waals surface area (Å²) in [4.78, 5) is 12.5. The predicted molar refractivity (Wildman–Crippen MR) is 66.9 cm³/mol. The second-order valence-corrected chi connectivity index (χ2v) is 3.96. The smallest absolute Gasteiger partial charge is 0.251 e. The molecule has 86 valence electrons. The van der Waals surface area contributed by atoms with Crippen molar-refractivity contribution in [2.24, 2.45) is 0 Å². The molecule has 0 unspecified atom stereocenters. The largest absolute Gasteiger partial charge is 0.346 e. The van der Waals surface area contributed by atoms with E-state index in [-0.39, 0.29) is 5.91 Å². The Labute approximate surface area is 104 Å². The van der Waals surface area contributed by atoms with Gasteiger partial charge in [0.1, 0.15) is 0 Å². The van der Waals surface area contributed by atoms with Gasteiger partial charge in [-0.3, -0.25) is 4.79 Å². The van der Waals surface area contributed by atoms with Crippen LogP contribution in [-0.4, -0.2) is 16.1 Å². The number of carbonyl (C=O) groups is 1. The molecule has 1 N–H and O–H groups in total. The molecule has 0 fully saturated rings. The van der Waals surface area contributed by atoms with E-state index in [4.69, 9.17) is 0 Å². The third-order valence-corrected chi connectivity index (χ3v) is 2.44. The molecule has 0 aliphatic carbocycles. The van der Waals surface area contributed by atoms with E-state index in [1.54, 1.807) is 30.5 Å². The van der Waals surface area contributed by atoms with Gasteiger partial charge in [-0.1, -0.05) is 6.07 Å². The number of hydrogen-bond donors (Lipinski definition) is 2. The monoisotopic (exact) mass is 245 g/mol. The molecule has 0 radical (unpaired) electrons. The zero-order chi connectivity index (χ0) is 12.1. The fourth-order valence-electron chi connectivity index (χ4n) is 1.35. The molecular weight excluding hydrogens is 234 g/mol. The first kappa shape index (κ1) is 11.6. The minimum atomic E-state index is -0.147. The number of thiol groups is 1. The van der Waals surface area contributed by atoms with E-state index in [9.17, 15) is 4.79 Å². The molecule has 1 aromatic heterocycles. The summed E-state index contributed by atoms with van der Waals surface area (Å²) in [5.74, 6) is -0.147. The third kappa shape index (κ3) is 3.29. The molecule has 1 amide bonds. The molecule has 0 aliphatic heterocycles. The summed E-state index contributed by atoms with van der Waals surface area (Å²) in [6.07, 6.45) is 1.59. The number of hydrogen-bond acceptors (Lipinski definition) is 4. The highest BCUT2D eigenvalue weighted by Crippen LogP contribution is 2.08. The number of benzene rings is 1. The summed E-state index contributed by atoms with van der Waals surface area (Å²) in [7, 11) is 0.